The maximum atomic E-state index is 12.5. The van der Waals surface area contributed by atoms with Gasteiger partial charge in [0.2, 0.25) is 0 Å². The van der Waals surface area contributed by atoms with Crippen molar-refractivity contribution in [3.8, 4) is 22.6 Å². The Hall–Kier alpha value is -5.90. The molecule has 2 aliphatic heterocycles. The van der Waals surface area contributed by atoms with Gasteiger partial charge in [0.1, 0.15) is 11.5 Å². The minimum absolute atomic E-state index is 0.0115. The van der Waals surface area contributed by atoms with E-state index in [1.807, 2.05) is 0 Å². The average molecular weight is 534 g/mol. The van der Waals surface area contributed by atoms with Crippen LogP contribution in [0, 0.1) is 0 Å². The van der Waals surface area contributed by atoms with Crippen molar-refractivity contribution in [2.45, 2.75) is 0 Å². The highest BCUT2D eigenvalue weighted by molar-refractivity contribution is 6.16. The topological polar surface area (TPSA) is 139 Å². The number of fused-ring (bicyclic) bond motifs is 2. The Morgan fingerprint density at radius 3 is 1.18 bits per heavy atom. The highest BCUT2D eigenvalue weighted by atomic mass is 16.6. The summed E-state index contributed by atoms with van der Waals surface area (Å²) in [5, 5.41) is 0. The van der Waals surface area contributed by atoms with E-state index in [0.717, 1.165) is 11.1 Å². The molecule has 2 aliphatic rings. The third-order valence-electron chi connectivity index (χ3n) is 6.22. The van der Waals surface area contributed by atoms with Gasteiger partial charge in [-0.05, 0) is 71.8 Å². The van der Waals surface area contributed by atoms with Gasteiger partial charge in [0.15, 0.2) is 0 Å². The first-order chi connectivity index (χ1) is 19.3. The Morgan fingerprint density at radius 2 is 0.800 bits per heavy atom. The molecule has 0 saturated carbocycles. The van der Waals surface area contributed by atoms with Gasteiger partial charge in [-0.3, -0.25) is 0 Å². The summed E-state index contributed by atoms with van der Waals surface area (Å²) in [7, 11) is 0. The van der Waals surface area contributed by atoms with Crippen LogP contribution in [0.25, 0.3) is 11.1 Å². The highest BCUT2D eigenvalue weighted by Crippen LogP contribution is 2.27. The minimum Gasteiger partial charge on any atom is -0.423 e. The van der Waals surface area contributed by atoms with Crippen molar-refractivity contribution in [1.29, 1.82) is 0 Å². The quantitative estimate of drug-likeness (QED) is 0.205. The van der Waals surface area contributed by atoms with E-state index in [1.54, 1.807) is 48.5 Å². The fourth-order valence-electron chi connectivity index (χ4n) is 4.19. The maximum absolute atomic E-state index is 12.5. The lowest BCUT2D eigenvalue weighted by Crippen LogP contribution is -2.09. The van der Waals surface area contributed by atoms with Gasteiger partial charge in [-0.1, -0.05) is 24.3 Å². The molecule has 6 rings (SSSR count). The Balaban J connectivity index is 1.10. The highest BCUT2D eigenvalue weighted by Gasteiger charge is 2.31. The SMILES string of the molecule is O=C(Oc1ccc(-c2ccc(OC(=O)c3ccc4c(c3)C(=O)OC4=O)cc2)cc1)c1ccc2c(c1)C(=O)OC2=O. The van der Waals surface area contributed by atoms with Gasteiger partial charge < -0.3 is 18.9 Å². The number of cyclic esters (lactones) is 4. The van der Waals surface area contributed by atoms with E-state index in [0.29, 0.717) is 0 Å². The predicted molar refractivity (Wildman–Crippen MR) is 134 cm³/mol. The average Bonchev–Trinajstić information content (AvgIpc) is 3.41. The van der Waals surface area contributed by atoms with Crippen molar-refractivity contribution in [2.24, 2.45) is 0 Å². The molecule has 10 heteroatoms. The third kappa shape index (κ3) is 4.39. The van der Waals surface area contributed by atoms with Gasteiger partial charge in [-0.15, -0.1) is 0 Å². The van der Waals surface area contributed by atoms with Crippen LogP contribution in [-0.4, -0.2) is 35.8 Å². The molecule has 40 heavy (non-hydrogen) atoms. The molecule has 0 spiro atoms. The Morgan fingerprint density at radius 1 is 0.450 bits per heavy atom. The van der Waals surface area contributed by atoms with Gasteiger partial charge in [-0.2, -0.15) is 0 Å². The van der Waals surface area contributed by atoms with E-state index in [9.17, 15) is 28.8 Å². The van der Waals surface area contributed by atoms with E-state index in [1.165, 1.54) is 36.4 Å². The standard InChI is InChI=1S/C30H14O10/c31-25(17-5-11-21-23(13-17)29(35)39-27(21)33)37-19-7-1-15(2-8-19)16-3-9-20(10-4-16)38-26(32)18-6-12-22-24(14-18)30(36)40-28(22)34/h1-14H. The molecular weight excluding hydrogens is 520 g/mol. The normalized spacial score (nSPS) is 13.3. The molecule has 0 saturated heterocycles. The Bertz CT molecular complexity index is 1650. The Labute approximate surface area is 224 Å². The van der Waals surface area contributed by atoms with E-state index in [2.05, 4.69) is 9.47 Å². The molecule has 0 unspecified atom stereocenters. The van der Waals surface area contributed by atoms with Gasteiger partial charge in [0.05, 0.1) is 33.4 Å². The molecule has 4 aromatic rings. The molecule has 0 radical (unpaired) electrons. The number of hydrogen-bond donors (Lipinski definition) is 0. The zero-order valence-electron chi connectivity index (χ0n) is 20.2. The molecular formula is C30H14O10. The van der Waals surface area contributed by atoms with Crippen molar-refractivity contribution < 1.29 is 47.7 Å². The first-order valence-corrected chi connectivity index (χ1v) is 11.7. The molecule has 0 N–H and O–H groups in total. The molecule has 0 bridgehead atoms. The third-order valence-corrected chi connectivity index (χ3v) is 6.22. The molecule has 10 nitrogen and oxygen atoms in total. The second-order valence-corrected chi connectivity index (χ2v) is 8.70. The molecule has 0 fully saturated rings. The molecule has 0 aliphatic carbocycles. The molecule has 2 heterocycles. The van der Waals surface area contributed by atoms with Crippen LogP contribution in [0.15, 0.2) is 84.9 Å². The van der Waals surface area contributed by atoms with Gasteiger partial charge in [-0.25, -0.2) is 28.8 Å². The monoisotopic (exact) mass is 534 g/mol. The smallest absolute Gasteiger partial charge is 0.346 e. The first kappa shape index (κ1) is 24.4. The summed E-state index contributed by atoms with van der Waals surface area (Å²) in [5.41, 5.74) is 1.98. The van der Waals surface area contributed by atoms with E-state index in [4.69, 9.17) is 9.47 Å². The molecule has 4 aromatic carbocycles. The summed E-state index contributed by atoms with van der Waals surface area (Å²) < 4.78 is 19.8. The summed E-state index contributed by atoms with van der Waals surface area (Å²) in [5.74, 6) is -4.03. The lowest BCUT2D eigenvalue weighted by molar-refractivity contribution is 0.0425. The lowest BCUT2D eigenvalue weighted by atomic mass is 10.0. The number of rotatable bonds is 5. The second kappa shape index (κ2) is 9.44. The summed E-state index contributed by atoms with van der Waals surface area (Å²) in [6, 6.07) is 21.2. The van der Waals surface area contributed by atoms with Crippen molar-refractivity contribution in [2.75, 3.05) is 0 Å². The summed E-state index contributed by atoms with van der Waals surface area (Å²) in [4.78, 5) is 71.7. The van der Waals surface area contributed by atoms with E-state index in [-0.39, 0.29) is 44.9 Å². The fourth-order valence-corrected chi connectivity index (χ4v) is 4.19. The largest absolute Gasteiger partial charge is 0.423 e. The minimum atomic E-state index is -0.813. The van der Waals surface area contributed by atoms with Crippen LogP contribution in [0.1, 0.15) is 62.1 Å². The molecule has 194 valence electrons. The zero-order chi connectivity index (χ0) is 28.0. The second-order valence-electron chi connectivity index (χ2n) is 8.70. The van der Waals surface area contributed by atoms with Crippen LogP contribution in [0.5, 0.6) is 11.5 Å². The maximum Gasteiger partial charge on any atom is 0.346 e. The summed E-state index contributed by atoms with van der Waals surface area (Å²) in [6.07, 6.45) is 0. The number of hydrogen-bond acceptors (Lipinski definition) is 10. The van der Waals surface area contributed by atoms with Gasteiger partial charge in [0, 0.05) is 0 Å². The predicted octanol–water partition coefficient (Wildman–Crippen LogP) is 4.41. The van der Waals surface area contributed by atoms with Crippen LogP contribution in [0.2, 0.25) is 0 Å². The van der Waals surface area contributed by atoms with Crippen LogP contribution in [-0.2, 0) is 9.47 Å². The van der Waals surface area contributed by atoms with Gasteiger partial charge >= 0.3 is 35.8 Å². The summed E-state index contributed by atoms with van der Waals surface area (Å²) in [6.45, 7) is 0. The van der Waals surface area contributed by atoms with Crippen molar-refractivity contribution in [3.05, 3.63) is 118 Å². The number of carbonyl (C=O) groups is 6. The lowest BCUT2D eigenvalue weighted by Gasteiger charge is -2.08. The van der Waals surface area contributed by atoms with Crippen molar-refractivity contribution in [1.82, 2.24) is 0 Å². The number of benzene rings is 4. The van der Waals surface area contributed by atoms with Crippen LogP contribution in [0.3, 0.4) is 0 Å². The van der Waals surface area contributed by atoms with E-state index >= 15 is 0 Å². The zero-order valence-corrected chi connectivity index (χ0v) is 20.2. The molecule has 0 aromatic heterocycles. The molecule has 0 amide bonds. The van der Waals surface area contributed by atoms with Crippen molar-refractivity contribution in [3.63, 3.8) is 0 Å². The number of esters is 6. The van der Waals surface area contributed by atoms with Gasteiger partial charge in [0.25, 0.3) is 0 Å². The van der Waals surface area contributed by atoms with E-state index < -0.39 is 35.8 Å². The van der Waals surface area contributed by atoms with Crippen LogP contribution < -0.4 is 9.47 Å². The Kier molecular flexibility index (Phi) is 5.77. The fraction of sp³-hybridized carbons (Fsp3) is 0. The summed E-state index contributed by atoms with van der Waals surface area (Å²) >= 11 is 0. The number of ether oxygens (including phenoxy) is 4. The van der Waals surface area contributed by atoms with Crippen LogP contribution in [0.4, 0.5) is 0 Å². The number of carbonyl (C=O) groups excluding carboxylic acids is 6. The first-order valence-electron chi connectivity index (χ1n) is 11.7. The van der Waals surface area contributed by atoms with Crippen LogP contribution >= 0.6 is 0 Å². The molecule has 0 atom stereocenters. The van der Waals surface area contributed by atoms with Crippen molar-refractivity contribution >= 4 is 35.8 Å².